The van der Waals surface area contributed by atoms with E-state index in [1.165, 1.54) is 4.90 Å². The average molecular weight is 388 g/mol. The number of aromatic nitrogens is 2. The molecule has 13 heteroatoms. The molecule has 1 aromatic rings. The van der Waals surface area contributed by atoms with Crippen molar-refractivity contribution in [2.24, 2.45) is 0 Å². The van der Waals surface area contributed by atoms with Crippen LogP contribution in [-0.2, 0) is 21.2 Å². The number of carbonyl (C=O) groups is 1. The smallest absolute Gasteiger partial charge is 0.418 e. The van der Waals surface area contributed by atoms with Crippen LogP contribution in [0.5, 0.6) is 0 Å². The first-order chi connectivity index (χ1) is 12.4. The quantitative estimate of drug-likeness (QED) is 0.528. The minimum Gasteiger partial charge on any atom is -0.422 e. The molecular weight excluding hydrogens is 368 g/mol. The number of rotatable bonds is 6. The fraction of sp³-hybridized carbons (Fsp3) is 0.769. The Balaban J connectivity index is 1.42. The Morgan fingerprint density at radius 1 is 1.35 bits per heavy atom. The molecular formula is C13H20N6O6S. The molecule has 3 fully saturated rings. The number of carbonyl (C=O) groups excluding carboxylic acids is 1. The van der Waals surface area contributed by atoms with Crippen molar-refractivity contribution in [3.05, 3.63) is 11.8 Å². The molecule has 3 N–H and O–H groups in total. The minimum atomic E-state index is -4.76. The highest BCUT2D eigenvalue weighted by atomic mass is 32.3. The van der Waals surface area contributed by atoms with Gasteiger partial charge in [-0.3, -0.25) is 4.55 Å². The molecule has 4 rings (SSSR count). The lowest BCUT2D eigenvalue weighted by Gasteiger charge is -2.27. The van der Waals surface area contributed by atoms with Gasteiger partial charge in [-0.25, -0.2) is 4.79 Å². The molecule has 3 aliphatic heterocycles. The summed E-state index contributed by atoms with van der Waals surface area (Å²) >= 11 is 0. The largest absolute Gasteiger partial charge is 0.422 e. The molecule has 0 radical (unpaired) electrons. The second-order valence-corrected chi connectivity index (χ2v) is 7.62. The maximum atomic E-state index is 12.4. The summed E-state index contributed by atoms with van der Waals surface area (Å²) in [6.07, 6.45) is 2.06. The van der Waals surface area contributed by atoms with Gasteiger partial charge in [-0.1, -0.05) is 0 Å². The van der Waals surface area contributed by atoms with Gasteiger partial charge in [0.15, 0.2) is 0 Å². The molecule has 0 spiro atoms. The van der Waals surface area contributed by atoms with E-state index < -0.39 is 28.5 Å². The zero-order valence-corrected chi connectivity index (χ0v) is 14.7. The van der Waals surface area contributed by atoms with Crippen molar-refractivity contribution in [3.8, 4) is 0 Å². The van der Waals surface area contributed by atoms with Crippen molar-refractivity contribution in [1.29, 1.82) is 0 Å². The van der Waals surface area contributed by atoms with Gasteiger partial charge in [0.05, 0.1) is 12.6 Å². The molecule has 2 amide bonds. The van der Waals surface area contributed by atoms with E-state index in [-0.39, 0.29) is 6.54 Å². The van der Waals surface area contributed by atoms with Gasteiger partial charge in [0.1, 0.15) is 6.04 Å². The van der Waals surface area contributed by atoms with Gasteiger partial charge in [-0.2, -0.15) is 13.5 Å². The maximum Gasteiger partial charge on any atom is 0.418 e. The molecule has 0 saturated carbocycles. The number of fused-ring (bicyclic) bond motifs is 2. The first-order valence-corrected chi connectivity index (χ1v) is 9.80. The van der Waals surface area contributed by atoms with E-state index in [0.29, 0.717) is 42.3 Å². The van der Waals surface area contributed by atoms with Gasteiger partial charge in [-0.05, 0) is 25.8 Å². The lowest BCUT2D eigenvalue weighted by molar-refractivity contribution is -0.0317. The van der Waals surface area contributed by atoms with Crippen molar-refractivity contribution in [3.63, 3.8) is 0 Å². The number of piperidine rings is 1. The van der Waals surface area contributed by atoms with Crippen LogP contribution in [0.1, 0.15) is 37.1 Å². The maximum absolute atomic E-state index is 12.4. The van der Waals surface area contributed by atoms with Crippen molar-refractivity contribution < 1.29 is 26.5 Å². The van der Waals surface area contributed by atoms with Crippen molar-refractivity contribution in [2.45, 2.75) is 43.9 Å². The predicted octanol–water partition coefficient (Wildman–Crippen LogP) is -0.803. The molecule has 3 atom stereocenters. The van der Waals surface area contributed by atoms with Crippen LogP contribution < -0.4 is 10.6 Å². The van der Waals surface area contributed by atoms with Crippen molar-refractivity contribution in [2.75, 3.05) is 19.6 Å². The third kappa shape index (κ3) is 3.53. The highest BCUT2D eigenvalue weighted by Gasteiger charge is 2.49. The van der Waals surface area contributed by atoms with Crippen molar-refractivity contribution in [1.82, 2.24) is 30.8 Å². The number of amides is 2. The Morgan fingerprint density at radius 3 is 2.92 bits per heavy atom. The number of nitrogens with one attached hydrogen (secondary N) is 2. The van der Waals surface area contributed by atoms with Crippen molar-refractivity contribution >= 4 is 16.4 Å². The Morgan fingerprint density at radius 2 is 2.19 bits per heavy atom. The standard InChI is InChI=1S/C13H20N6O6S/c20-13-18-7-9(19(13)25-26(21,22)23)1-2-10(18)12-17-16-11(24-12)6-15-8-3-4-14-5-8/h8-10,14-15H,1-7H2,(H,21,22,23)/t8-,9?,10+/m1/s1. The summed E-state index contributed by atoms with van der Waals surface area (Å²) in [5, 5.41) is 15.3. The molecule has 12 nitrogen and oxygen atoms in total. The van der Waals surface area contributed by atoms with Crippen LogP contribution >= 0.6 is 0 Å². The summed E-state index contributed by atoms with van der Waals surface area (Å²) in [6.45, 7) is 2.59. The van der Waals surface area contributed by atoms with Gasteiger partial charge in [0, 0.05) is 19.1 Å². The van der Waals surface area contributed by atoms with Crippen LogP contribution in [0.4, 0.5) is 4.79 Å². The van der Waals surface area contributed by atoms with Crippen LogP contribution in [0.15, 0.2) is 4.42 Å². The third-order valence-electron chi connectivity index (χ3n) is 4.87. The molecule has 0 aliphatic carbocycles. The van der Waals surface area contributed by atoms with Gasteiger partial charge in [0.25, 0.3) is 0 Å². The van der Waals surface area contributed by atoms with E-state index in [0.717, 1.165) is 19.5 Å². The van der Waals surface area contributed by atoms with Crippen LogP contribution in [0.25, 0.3) is 0 Å². The van der Waals surface area contributed by atoms with Crippen LogP contribution in [0.2, 0.25) is 0 Å². The Labute approximate surface area is 149 Å². The average Bonchev–Trinajstić information content (AvgIpc) is 3.31. The summed E-state index contributed by atoms with van der Waals surface area (Å²) in [5.74, 6) is 0.749. The van der Waals surface area contributed by atoms with E-state index in [1.807, 2.05) is 0 Å². The van der Waals surface area contributed by atoms with Gasteiger partial charge in [-0.15, -0.1) is 14.5 Å². The summed E-state index contributed by atoms with van der Waals surface area (Å²) in [7, 11) is -4.76. The zero-order chi connectivity index (χ0) is 18.3. The molecule has 3 saturated heterocycles. The molecule has 3 aliphatic rings. The molecule has 26 heavy (non-hydrogen) atoms. The summed E-state index contributed by atoms with van der Waals surface area (Å²) < 4.78 is 40.8. The molecule has 1 aromatic heterocycles. The van der Waals surface area contributed by atoms with Gasteiger partial charge < -0.3 is 20.0 Å². The molecule has 1 unspecified atom stereocenters. The van der Waals surface area contributed by atoms with E-state index in [9.17, 15) is 13.2 Å². The van der Waals surface area contributed by atoms with E-state index >= 15 is 0 Å². The first-order valence-electron chi connectivity index (χ1n) is 8.44. The second kappa shape index (κ2) is 6.74. The fourth-order valence-corrected chi connectivity index (χ4v) is 4.01. The normalized spacial score (nSPS) is 29.0. The Kier molecular flexibility index (Phi) is 4.56. The van der Waals surface area contributed by atoms with Crippen LogP contribution in [0, 0.1) is 0 Å². The fourth-order valence-electron chi connectivity index (χ4n) is 3.62. The van der Waals surface area contributed by atoms with E-state index in [1.54, 1.807) is 0 Å². The van der Waals surface area contributed by atoms with Crippen LogP contribution in [0.3, 0.4) is 0 Å². The summed E-state index contributed by atoms with van der Waals surface area (Å²) in [4.78, 5) is 13.8. The molecule has 144 valence electrons. The monoisotopic (exact) mass is 388 g/mol. The Bertz CT molecular complexity index is 778. The Hall–Kier alpha value is -1.80. The molecule has 2 bridgehead atoms. The third-order valence-corrected chi connectivity index (χ3v) is 5.22. The minimum absolute atomic E-state index is 0.267. The number of hydrogen-bond donors (Lipinski definition) is 3. The lowest BCUT2D eigenvalue weighted by Crippen LogP contribution is -2.35. The number of nitrogens with zero attached hydrogens (tertiary/aromatic N) is 4. The predicted molar refractivity (Wildman–Crippen MR) is 84.8 cm³/mol. The highest BCUT2D eigenvalue weighted by molar-refractivity contribution is 7.80. The topological polar surface area (TPSA) is 150 Å². The van der Waals surface area contributed by atoms with Crippen LogP contribution in [-0.4, -0.2) is 70.9 Å². The number of hydroxylamine groups is 2. The zero-order valence-electron chi connectivity index (χ0n) is 13.9. The number of urea groups is 1. The SMILES string of the molecule is O=C1N(OS(=O)(=O)O)C2CC[C@@H](c3nnc(CN[C@@H]4CCNC4)o3)N1C2. The summed E-state index contributed by atoms with van der Waals surface area (Å²) in [6, 6.07) is -1.17. The molecule has 4 heterocycles. The highest BCUT2D eigenvalue weighted by Crippen LogP contribution is 2.38. The van der Waals surface area contributed by atoms with Gasteiger partial charge >= 0.3 is 16.4 Å². The summed E-state index contributed by atoms with van der Waals surface area (Å²) in [5.41, 5.74) is 0. The van der Waals surface area contributed by atoms with Gasteiger partial charge in [0.2, 0.25) is 11.8 Å². The van der Waals surface area contributed by atoms with E-state index in [4.69, 9.17) is 8.97 Å². The number of hydrogen-bond acceptors (Lipinski definition) is 9. The lowest BCUT2D eigenvalue weighted by atomic mass is 10.0. The molecule has 0 aromatic carbocycles. The van der Waals surface area contributed by atoms with E-state index in [2.05, 4.69) is 25.1 Å². The first kappa shape index (κ1) is 17.6. The second-order valence-electron chi connectivity index (χ2n) is 6.61.